The van der Waals surface area contributed by atoms with Crippen LogP contribution in [0.3, 0.4) is 0 Å². The third kappa shape index (κ3) is 3.11. The van der Waals surface area contributed by atoms with Crippen LogP contribution in [0.25, 0.3) is 22.7 Å². The maximum Gasteiger partial charge on any atom is 0.168 e. The van der Waals surface area contributed by atoms with Crippen molar-refractivity contribution < 1.29 is 9.50 Å². The number of rotatable bonds is 5. The van der Waals surface area contributed by atoms with Crippen LogP contribution in [0.15, 0.2) is 30.5 Å². The third-order valence-corrected chi connectivity index (χ3v) is 4.90. The Balaban J connectivity index is 1.93. The normalized spacial score (nSPS) is 16.3. The summed E-state index contributed by atoms with van der Waals surface area (Å²) in [5, 5.41) is 26.7. The number of aliphatic hydroxyl groups excluding tert-OH is 1. The molecule has 1 fully saturated rings. The molecule has 4 heterocycles. The van der Waals surface area contributed by atoms with Crippen molar-refractivity contribution in [1.82, 2.24) is 29.9 Å². The highest BCUT2D eigenvalue weighted by Crippen LogP contribution is 2.29. The summed E-state index contributed by atoms with van der Waals surface area (Å²) in [5.74, 6) is 0.0951. The first kappa shape index (κ1) is 18.1. The average Bonchev–Trinajstić information content (AvgIpc) is 3.38. The number of nitrogens with one attached hydrogen (secondary N) is 3. The van der Waals surface area contributed by atoms with Gasteiger partial charge in [0.1, 0.15) is 17.8 Å². The van der Waals surface area contributed by atoms with E-state index in [0.29, 0.717) is 54.9 Å². The van der Waals surface area contributed by atoms with Crippen LogP contribution in [0.2, 0.25) is 0 Å². The number of imidazole rings is 1. The van der Waals surface area contributed by atoms with E-state index in [-0.39, 0.29) is 11.8 Å². The molecule has 10 heteroatoms. The zero-order valence-electron chi connectivity index (χ0n) is 15.4. The number of aromatic amines is 1. The highest BCUT2D eigenvalue weighted by Gasteiger charge is 2.23. The highest BCUT2D eigenvalue weighted by atomic mass is 19.1. The fourth-order valence-electron chi connectivity index (χ4n) is 3.44. The van der Waals surface area contributed by atoms with E-state index < -0.39 is 5.83 Å². The van der Waals surface area contributed by atoms with Crippen LogP contribution in [0, 0.1) is 5.41 Å². The van der Waals surface area contributed by atoms with Gasteiger partial charge in [-0.3, -0.25) is 9.50 Å². The molecule has 3 aromatic heterocycles. The number of aliphatic hydroxyl groups is 1. The van der Waals surface area contributed by atoms with Crippen molar-refractivity contribution in [2.24, 2.45) is 0 Å². The molecule has 1 saturated heterocycles. The number of fused-ring (bicyclic) bond motifs is 1. The van der Waals surface area contributed by atoms with E-state index in [1.165, 1.54) is 0 Å². The lowest BCUT2D eigenvalue weighted by Crippen LogP contribution is -2.37. The first-order valence-corrected chi connectivity index (χ1v) is 9.01. The number of aromatic nitrogens is 5. The summed E-state index contributed by atoms with van der Waals surface area (Å²) < 4.78 is 16.1. The molecule has 0 atom stereocenters. The number of anilines is 1. The minimum atomic E-state index is -0.707. The lowest BCUT2D eigenvalue weighted by Gasteiger charge is -2.32. The minimum Gasteiger partial charge on any atom is -0.393 e. The van der Waals surface area contributed by atoms with Crippen LogP contribution >= 0.6 is 0 Å². The summed E-state index contributed by atoms with van der Waals surface area (Å²) >= 11 is 0. The lowest BCUT2D eigenvalue weighted by molar-refractivity contribution is 0.145. The number of hydrogen-bond acceptors (Lipinski definition) is 7. The van der Waals surface area contributed by atoms with Crippen LogP contribution in [0.1, 0.15) is 18.5 Å². The third-order valence-electron chi connectivity index (χ3n) is 4.90. The Bertz CT molecular complexity index is 1020. The molecule has 1 aliphatic rings. The zero-order chi connectivity index (χ0) is 19.7. The first-order valence-electron chi connectivity index (χ1n) is 9.01. The number of H-pyrrole nitrogens is 1. The van der Waals surface area contributed by atoms with Crippen molar-refractivity contribution in [1.29, 1.82) is 5.41 Å². The van der Waals surface area contributed by atoms with Gasteiger partial charge < -0.3 is 20.7 Å². The van der Waals surface area contributed by atoms with Gasteiger partial charge in [-0.2, -0.15) is 5.10 Å². The number of nitrogens with zero attached hydrogens (tertiary/aromatic N) is 5. The van der Waals surface area contributed by atoms with Crippen molar-refractivity contribution in [3.63, 3.8) is 0 Å². The van der Waals surface area contributed by atoms with E-state index in [1.54, 1.807) is 31.7 Å². The molecule has 3 aromatic rings. The summed E-state index contributed by atoms with van der Waals surface area (Å²) in [6.07, 6.45) is 4.97. The fraction of sp³-hybridized carbons (Fsp3) is 0.333. The molecule has 0 radical (unpaired) electrons. The van der Waals surface area contributed by atoms with Gasteiger partial charge >= 0.3 is 0 Å². The van der Waals surface area contributed by atoms with Crippen LogP contribution in [0.5, 0.6) is 0 Å². The predicted octanol–water partition coefficient (Wildman–Crippen LogP) is 1.59. The van der Waals surface area contributed by atoms with Crippen molar-refractivity contribution in [2.75, 3.05) is 25.0 Å². The van der Waals surface area contributed by atoms with Gasteiger partial charge in [0.05, 0.1) is 29.4 Å². The van der Waals surface area contributed by atoms with Gasteiger partial charge in [0.25, 0.3) is 0 Å². The molecule has 4 rings (SSSR count). The van der Waals surface area contributed by atoms with Gasteiger partial charge in [-0.25, -0.2) is 14.4 Å². The second kappa shape index (κ2) is 7.39. The first-order chi connectivity index (χ1) is 13.6. The minimum absolute atomic E-state index is 0.132. The van der Waals surface area contributed by atoms with E-state index in [1.807, 2.05) is 4.40 Å². The maximum absolute atomic E-state index is 14.3. The monoisotopic (exact) mass is 384 g/mol. The van der Waals surface area contributed by atoms with Crippen LogP contribution in [-0.4, -0.2) is 62.1 Å². The average molecular weight is 384 g/mol. The molecular formula is C18H21FN8O. The molecule has 1 aliphatic heterocycles. The van der Waals surface area contributed by atoms with Crippen LogP contribution in [-0.2, 0) is 0 Å². The quantitative estimate of drug-likeness (QED) is 0.496. The Morgan fingerprint density at radius 1 is 1.43 bits per heavy atom. The Labute approximate surface area is 160 Å². The summed E-state index contributed by atoms with van der Waals surface area (Å²) in [6, 6.07) is 3.57. The predicted molar refractivity (Wildman–Crippen MR) is 104 cm³/mol. The molecule has 28 heavy (non-hydrogen) atoms. The van der Waals surface area contributed by atoms with E-state index >= 15 is 0 Å². The largest absolute Gasteiger partial charge is 0.393 e. The van der Waals surface area contributed by atoms with E-state index in [9.17, 15) is 9.50 Å². The second-order valence-electron chi connectivity index (χ2n) is 6.59. The molecule has 0 aromatic carbocycles. The molecule has 9 nitrogen and oxygen atoms in total. The molecule has 4 N–H and O–H groups in total. The van der Waals surface area contributed by atoms with Crippen LogP contribution in [0.4, 0.5) is 10.2 Å². The molecule has 0 amide bonds. The van der Waals surface area contributed by atoms with Gasteiger partial charge in [0, 0.05) is 32.4 Å². The molecule has 146 valence electrons. The van der Waals surface area contributed by atoms with Crippen molar-refractivity contribution in [2.45, 2.75) is 18.9 Å². The van der Waals surface area contributed by atoms with Gasteiger partial charge in [-0.05, 0) is 18.9 Å². The van der Waals surface area contributed by atoms with Gasteiger partial charge in [0.15, 0.2) is 11.5 Å². The summed E-state index contributed by atoms with van der Waals surface area (Å²) in [6.45, 7) is 1.34. The van der Waals surface area contributed by atoms with E-state index in [0.717, 1.165) is 5.82 Å². The zero-order valence-corrected chi connectivity index (χ0v) is 15.4. The van der Waals surface area contributed by atoms with E-state index in [2.05, 4.69) is 30.4 Å². The molecule has 0 spiro atoms. The second-order valence-corrected chi connectivity index (χ2v) is 6.59. The van der Waals surface area contributed by atoms with Gasteiger partial charge in [0.2, 0.25) is 0 Å². The lowest BCUT2D eigenvalue weighted by atomic mass is 10.1. The topological polar surface area (TPSA) is 118 Å². The maximum atomic E-state index is 14.3. The smallest absolute Gasteiger partial charge is 0.168 e. The van der Waals surface area contributed by atoms with Crippen molar-refractivity contribution >= 4 is 23.4 Å². The molecular weight excluding hydrogens is 363 g/mol. The summed E-state index contributed by atoms with van der Waals surface area (Å²) in [5.41, 5.74) is 2.36. The Morgan fingerprint density at radius 2 is 2.21 bits per heavy atom. The SMILES string of the molecule is CN/C(=C(/F)C=N)c1cc(N2CCC(O)CC2)n2cnc(-c3ccn[nH]3)c2n1. The number of hydrogen-bond donors (Lipinski definition) is 4. The number of piperidine rings is 1. The number of halogens is 1. The summed E-state index contributed by atoms with van der Waals surface area (Å²) in [4.78, 5) is 11.2. The summed E-state index contributed by atoms with van der Waals surface area (Å²) in [7, 11) is 1.59. The fourth-order valence-corrected chi connectivity index (χ4v) is 3.44. The van der Waals surface area contributed by atoms with Crippen LogP contribution < -0.4 is 10.2 Å². The number of allylic oxidation sites excluding steroid dienone is 1. The Hall–Kier alpha value is -3.27. The molecule has 0 unspecified atom stereocenters. The molecule has 0 aliphatic carbocycles. The van der Waals surface area contributed by atoms with Crippen molar-refractivity contribution in [3.05, 3.63) is 36.2 Å². The standard InChI is InChI=1S/C18H21FN8O/c1-21-16(12(19)9-20)14-8-15(26-6-3-11(28)4-7-26)27-10-22-17(18(27)24-14)13-2-5-23-25-13/h2,5,8-11,20-21,28H,3-4,6-7H2,1H3,(H,23,25)/b16-12+,20-9?. The van der Waals surface area contributed by atoms with Gasteiger partial charge in [-0.15, -0.1) is 0 Å². The Kier molecular flexibility index (Phi) is 4.78. The van der Waals surface area contributed by atoms with Gasteiger partial charge in [-0.1, -0.05) is 0 Å². The van der Waals surface area contributed by atoms with E-state index in [4.69, 9.17) is 5.41 Å². The molecule has 0 bridgehead atoms. The van der Waals surface area contributed by atoms with Crippen molar-refractivity contribution in [3.8, 4) is 11.4 Å². The Morgan fingerprint density at radius 3 is 2.86 bits per heavy atom. The molecule has 0 saturated carbocycles. The highest BCUT2D eigenvalue weighted by molar-refractivity contribution is 5.86.